The Labute approximate surface area is 186 Å². The number of hydrogen-bond acceptors (Lipinski definition) is 4. The van der Waals surface area contributed by atoms with Gasteiger partial charge in [-0.25, -0.2) is 8.42 Å². The predicted octanol–water partition coefficient (Wildman–Crippen LogP) is 3.32. The zero-order valence-electron chi connectivity index (χ0n) is 17.3. The average Bonchev–Trinajstić information content (AvgIpc) is 3.11. The topological polar surface area (TPSA) is 99.8 Å². The number of aliphatic hydroxyl groups is 1. The average molecular weight is 453 g/mol. The highest BCUT2D eigenvalue weighted by Gasteiger charge is 2.27. The molecule has 8 heteroatoms. The third kappa shape index (κ3) is 4.38. The Balaban J connectivity index is 1.64. The summed E-state index contributed by atoms with van der Waals surface area (Å²) in [6, 6.07) is 23.5. The first-order valence-electron chi connectivity index (χ1n) is 10.3. The lowest BCUT2D eigenvalue weighted by Crippen LogP contribution is -2.40. The minimum atomic E-state index is -3.95. The lowest BCUT2D eigenvalue weighted by atomic mass is 10.2. The molecule has 0 amide bonds. The molecule has 166 valence electrons. The summed E-state index contributed by atoms with van der Waals surface area (Å²) in [7, 11) is -3.95. The zero-order chi connectivity index (χ0) is 22.7. The first-order valence-corrected chi connectivity index (χ1v) is 11.7. The number of rotatable bonds is 9. The van der Waals surface area contributed by atoms with Gasteiger partial charge in [0.15, 0.2) is 0 Å². The van der Waals surface area contributed by atoms with Gasteiger partial charge in [0.05, 0.1) is 24.0 Å². The smallest absolute Gasteiger partial charge is 0.304 e. The molecule has 0 saturated carbocycles. The fourth-order valence-corrected chi connectivity index (χ4v) is 5.47. The van der Waals surface area contributed by atoms with E-state index in [9.17, 15) is 18.3 Å². The summed E-state index contributed by atoms with van der Waals surface area (Å²) in [6.07, 6.45) is -1.39. The van der Waals surface area contributed by atoms with Crippen LogP contribution in [0.25, 0.3) is 21.8 Å². The molecule has 0 spiro atoms. The van der Waals surface area contributed by atoms with Gasteiger partial charge in [-0.1, -0.05) is 54.6 Å². The molecular weight excluding hydrogens is 428 g/mol. The maximum Gasteiger partial charge on any atom is 0.304 e. The van der Waals surface area contributed by atoms with Crippen LogP contribution < -0.4 is 0 Å². The number of para-hydroxylation sites is 2. The van der Waals surface area contributed by atoms with Crippen molar-refractivity contribution >= 4 is 37.8 Å². The van der Waals surface area contributed by atoms with E-state index in [4.69, 9.17) is 5.11 Å². The number of benzene rings is 3. The molecule has 0 aliphatic carbocycles. The fraction of sp³-hybridized carbons (Fsp3) is 0.208. The van der Waals surface area contributed by atoms with Gasteiger partial charge < -0.3 is 14.8 Å². The largest absolute Gasteiger partial charge is 0.481 e. The van der Waals surface area contributed by atoms with Crippen LogP contribution in [0.1, 0.15) is 6.42 Å². The molecule has 0 aliphatic heterocycles. The molecule has 0 unspecified atom stereocenters. The van der Waals surface area contributed by atoms with E-state index in [0.717, 1.165) is 26.1 Å². The highest BCUT2D eigenvalue weighted by atomic mass is 32.2. The van der Waals surface area contributed by atoms with Crippen LogP contribution >= 0.6 is 0 Å². The maximum absolute atomic E-state index is 13.1. The molecule has 1 heterocycles. The number of carboxylic acids is 1. The number of carbonyl (C=O) groups is 1. The van der Waals surface area contributed by atoms with Gasteiger partial charge in [-0.2, -0.15) is 4.31 Å². The normalized spacial score (nSPS) is 13.1. The van der Waals surface area contributed by atoms with Gasteiger partial charge in [0.1, 0.15) is 0 Å². The monoisotopic (exact) mass is 452 g/mol. The SMILES string of the molecule is O=C(O)CCN(C[C@H](O)Cn1c2ccccc2c2ccccc21)S(=O)(=O)c1ccccc1. The van der Waals surface area contributed by atoms with Crippen LogP contribution in [0.2, 0.25) is 0 Å². The molecule has 7 nitrogen and oxygen atoms in total. The molecule has 1 atom stereocenters. The van der Waals surface area contributed by atoms with E-state index < -0.39 is 22.1 Å². The van der Waals surface area contributed by atoms with Gasteiger partial charge in [0.25, 0.3) is 0 Å². The van der Waals surface area contributed by atoms with Crippen molar-refractivity contribution in [3.05, 3.63) is 78.9 Å². The first-order chi connectivity index (χ1) is 15.4. The number of nitrogens with zero attached hydrogens (tertiary/aromatic N) is 2. The molecule has 32 heavy (non-hydrogen) atoms. The summed E-state index contributed by atoms with van der Waals surface area (Å²) in [4.78, 5) is 11.2. The lowest BCUT2D eigenvalue weighted by Gasteiger charge is -2.25. The second-order valence-corrected chi connectivity index (χ2v) is 9.56. The van der Waals surface area contributed by atoms with Crippen molar-refractivity contribution in [3.8, 4) is 0 Å². The summed E-state index contributed by atoms with van der Waals surface area (Å²) in [5, 5.41) is 22.1. The van der Waals surface area contributed by atoms with Crippen molar-refractivity contribution < 1.29 is 23.4 Å². The summed E-state index contributed by atoms with van der Waals surface area (Å²) < 4.78 is 29.3. The molecule has 2 N–H and O–H groups in total. The maximum atomic E-state index is 13.1. The Morgan fingerprint density at radius 2 is 1.41 bits per heavy atom. The minimum absolute atomic E-state index is 0.0643. The third-order valence-electron chi connectivity index (χ3n) is 5.44. The number of hydrogen-bond donors (Lipinski definition) is 2. The molecule has 0 saturated heterocycles. The van der Waals surface area contributed by atoms with E-state index in [1.165, 1.54) is 12.1 Å². The molecule has 0 bridgehead atoms. The second-order valence-electron chi connectivity index (χ2n) is 7.62. The Morgan fingerprint density at radius 3 is 1.97 bits per heavy atom. The van der Waals surface area contributed by atoms with Crippen LogP contribution in [0, 0.1) is 0 Å². The van der Waals surface area contributed by atoms with Gasteiger partial charge >= 0.3 is 5.97 Å². The quantitative estimate of drug-likeness (QED) is 0.406. The van der Waals surface area contributed by atoms with E-state index >= 15 is 0 Å². The Hall–Kier alpha value is -3.20. The van der Waals surface area contributed by atoms with Gasteiger partial charge in [-0.3, -0.25) is 4.79 Å². The van der Waals surface area contributed by atoms with E-state index in [2.05, 4.69) is 0 Å². The number of sulfonamides is 1. The molecular formula is C24H24N2O5S. The fourth-order valence-electron chi connectivity index (χ4n) is 3.98. The molecule has 0 fully saturated rings. The molecule has 0 aliphatic rings. The van der Waals surface area contributed by atoms with Crippen LogP contribution in [0.15, 0.2) is 83.8 Å². The van der Waals surface area contributed by atoms with Gasteiger partial charge in [-0.15, -0.1) is 0 Å². The molecule has 1 aromatic heterocycles. The van der Waals surface area contributed by atoms with E-state index in [1.807, 2.05) is 53.1 Å². The summed E-state index contributed by atoms with van der Waals surface area (Å²) in [5.74, 6) is -1.10. The Kier molecular flexibility index (Phi) is 6.27. The number of aromatic nitrogens is 1. The van der Waals surface area contributed by atoms with Crippen LogP contribution in [-0.2, 0) is 21.4 Å². The number of fused-ring (bicyclic) bond motifs is 3. The molecule has 4 aromatic rings. The summed E-state index contributed by atoms with van der Waals surface area (Å²) in [5.41, 5.74) is 1.88. The Bertz CT molecular complexity index is 1300. The van der Waals surface area contributed by atoms with Gasteiger partial charge in [0, 0.05) is 34.9 Å². The standard InChI is InChI=1S/C24H24N2O5S/c27-18(16-25(15-14-24(28)29)32(30,31)19-8-2-1-3-9-19)17-26-22-12-6-4-10-20(22)21-11-5-7-13-23(21)26/h1-13,18,27H,14-17H2,(H,28,29)/t18-/m0/s1. The van der Waals surface area contributed by atoms with Crippen molar-refractivity contribution in [2.75, 3.05) is 13.1 Å². The third-order valence-corrected chi connectivity index (χ3v) is 7.32. The zero-order valence-corrected chi connectivity index (χ0v) is 18.1. The minimum Gasteiger partial charge on any atom is -0.481 e. The predicted molar refractivity (Wildman–Crippen MR) is 123 cm³/mol. The van der Waals surface area contributed by atoms with Crippen LogP contribution in [0.3, 0.4) is 0 Å². The second kappa shape index (κ2) is 9.12. The van der Waals surface area contributed by atoms with Crippen molar-refractivity contribution in [2.24, 2.45) is 0 Å². The molecule has 3 aromatic carbocycles. The highest BCUT2D eigenvalue weighted by molar-refractivity contribution is 7.89. The Morgan fingerprint density at radius 1 is 0.875 bits per heavy atom. The van der Waals surface area contributed by atoms with Gasteiger partial charge in [-0.05, 0) is 24.3 Å². The van der Waals surface area contributed by atoms with Crippen molar-refractivity contribution in [3.63, 3.8) is 0 Å². The summed E-state index contributed by atoms with van der Waals surface area (Å²) in [6.45, 7) is -0.274. The van der Waals surface area contributed by atoms with E-state index in [-0.39, 0.29) is 31.0 Å². The number of carboxylic acid groups (broad SMARTS) is 1. The van der Waals surface area contributed by atoms with Crippen molar-refractivity contribution in [2.45, 2.75) is 24.0 Å². The van der Waals surface area contributed by atoms with Crippen molar-refractivity contribution in [1.82, 2.24) is 8.87 Å². The van der Waals surface area contributed by atoms with Crippen LogP contribution in [0.4, 0.5) is 0 Å². The number of aliphatic carboxylic acids is 1. The molecule has 4 rings (SSSR count). The lowest BCUT2D eigenvalue weighted by molar-refractivity contribution is -0.137. The first kappa shape index (κ1) is 22.0. The van der Waals surface area contributed by atoms with Crippen LogP contribution in [-0.4, -0.2) is 52.7 Å². The van der Waals surface area contributed by atoms with Gasteiger partial charge in [0.2, 0.25) is 10.0 Å². The van der Waals surface area contributed by atoms with Crippen LogP contribution in [0.5, 0.6) is 0 Å². The highest BCUT2D eigenvalue weighted by Crippen LogP contribution is 2.29. The number of aliphatic hydroxyl groups excluding tert-OH is 1. The van der Waals surface area contributed by atoms with Crippen molar-refractivity contribution in [1.29, 1.82) is 0 Å². The summed E-state index contributed by atoms with van der Waals surface area (Å²) >= 11 is 0. The van der Waals surface area contributed by atoms with E-state index in [0.29, 0.717) is 0 Å². The van der Waals surface area contributed by atoms with E-state index in [1.54, 1.807) is 18.2 Å². The molecule has 0 radical (unpaired) electrons.